The predicted molar refractivity (Wildman–Crippen MR) is 84.0 cm³/mol. The third kappa shape index (κ3) is 4.73. The molecule has 0 saturated heterocycles. The molecule has 2 atom stereocenters. The summed E-state index contributed by atoms with van der Waals surface area (Å²) in [5.41, 5.74) is 1.02. The standard InChI is InChI=1S/C15H25ClN2S/c1-12-5-3-6-14(9-12)18(2)8-4-7-15-17-13(10-16)11-19-15/h11-12,14H,3-10H2,1-2H3. The van der Waals surface area contributed by atoms with Crippen molar-refractivity contribution in [3.63, 3.8) is 0 Å². The van der Waals surface area contributed by atoms with E-state index in [1.54, 1.807) is 11.3 Å². The Balaban J connectivity index is 1.69. The van der Waals surface area contributed by atoms with Gasteiger partial charge in [0.05, 0.1) is 16.6 Å². The molecule has 2 rings (SSSR count). The molecule has 1 aromatic rings. The van der Waals surface area contributed by atoms with Gasteiger partial charge < -0.3 is 4.90 Å². The number of aromatic nitrogens is 1. The van der Waals surface area contributed by atoms with Crippen molar-refractivity contribution in [2.24, 2.45) is 5.92 Å². The largest absolute Gasteiger partial charge is 0.303 e. The second-order valence-electron chi connectivity index (χ2n) is 5.88. The number of thiazole rings is 1. The molecular weight excluding hydrogens is 276 g/mol. The SMILES string of the molecule is CC1CCCC(N(C)CCCc2nc(CCl)cs2)C1. The third-order valence-corrected chi connectivity index (χ3v) is 5.40. The van der Waals surface area contributed by atoms with Gasteiger partial charge in [0, 0.05) is 17.8 Å². The Kier molecular flexibility index (Phi) is 6.11. The molecule has 1 aliphatic carbocycles. The zero-order valence-electron chi connectivity index (χ0n) is 12.1. The van der Waals surface area contributed by atoms with Crippen LogP contribution in [-0.4, -0.2) is 29.5 Å². The molecular formula is C15H25ClN2S. The molecule has 0 aliphatic heterocycles. The van der Waals surface area contributed by atoms with E-state index < -0.39 is 0 Å². The van der Waals surface area contributed by atoms with Crippen molar-refractivity contribution in [2.45, 2.75) is 57.4 Å². The first kappa shape index (κ1) is 15.3. The minimum Gasteiger partial charge on any atom is -0.303 e. The van der Waals surface area contributed by atoms with Crippen molar-refractivity contribution in [2.75, 3.05) is 13.6 Å². The van der Waals surface area contributed by atoms with E-state index in [0.29, 0.717) is 5.88 Å². The highest BCUT2D eigenvalue weighted by Gasteiger charge is 2.21. The van der Waals surface area contributed by atoms with Crippen molar-refractivity contribution in [1.29, 1.82) is 0 Å². The van der Waals surface area contributed by atoms with Gasteiger partial charge in [-0.3, -0.25) is 0 Å². The summed E-state index contributed by atoms with van der Waals surface area (Å²) in [4.78, 5) is 7.08. The number of rotatable bonds is 6. The summed E-state index contributed by atoms with van der Waals surface area (Å²) in [6, 6.07) is 0.804. The van der Waals surface area contributed by atoms with Gasteiger partial charge in [0.1, 0.15) is 0 Å². The van der Waals surface area contributed by atoms with E-state index in [4.69, 9.17) is 11.6 Å². The first-order valence-electron chi connectivity index (χ1n) is 7.38. The summed E-state index contributed by atoms with van der Waals surface area (Å²) in [6.45, 7) is 3.58. The molecule has 1 heterocycles. The molecule has 108 valence electrons. The summed E-state index contributed by atoms with van der Waals surface area (Å²) in [7, 11) is 2.29. The van der Waals surface area contributed by atoms with Crippen LogP contribution in [0.15, 0.2) is 5.38 Å². The molecule has 19 heavy (non-hydrogen) atoms. The van der Waals surface area contributed by atoms with Gasteiger partial charge in [-0.2, -0.15) is 0 Å². The van der Waals surface area contributed by atoms with Gasteiger partial charge in [-0.1, -0.05) is 19.8 Å². The van der Waals surface area contributed by atoms with Gasteiger partial charge in [0.25, 0.3) is 0 Å². The zero-order chi connectivity index (χ0) is 13.7. The summed E-state index contributed by atoms with van der Waals surface area (Å²) >= 11 is 7.52. The van der Waals surface area contributed by atoms with Crippen LogP contribution >= 0.6 is 22.9 Å². The lowest BCUT2D eigenvalue weighted by molar-refractivity contribution is 0.163. The van der Waals surface area contributed by atoms with Crippen LogP contribution < -0.4 is 0 Å². The minimum atomic E-state index is 0.538. The van der Waals surface area contributed by atoms with Gasteiger partial charge >= 0.3 is 0 Å². The van der Waals surface area contributed by atoms with E-state index in [-0.39, 0.29) is 0 Å². The Bertz CT molecular complexity index is 380. The number of halogens is 1. The lowest BCUT2D eigenvalue weighted by Crippen LogP contribution is -2.36. The average molecular weight is 301 g/mol. The van der Waals surface area contributed by atoms with Crippen molar-refractivity contribution < 1.29 is 0 Å². The highest BCUT2D eigenvalue weighted by molar-refractivity contribution is 7.09. The Morgan fingerprint density at radius 1 is 1.47 bits per heavy atom. The lowest BCUT2D eigenvalue weighted by Gasteiger charge is -2.34. The maximum atomic E-state index is 5.78. The van der Waals surface area contributed by atoms with Gasteiger partial charge in [0.15, 0.2) is 0 Å². The maximum absolute atomic E-state index is 5.78. The van der Waals surface area contributed by atoms with Crippen molar-refractivity contribution in [3.05, 3.63) is 16.1 Å². The quantitative estimate of drug-likeness (QED) is 0.727. The fourth-order valence-corrected chi connectivity index (χ4v) is 4.06. The molecule has 4 heteroatoms. The van der Waals surface area contributed by atoms with Crippen molar-refractivity contribution in [3.8, 4) is 0 Å². The van der Waals surface area contributed by atoms with Crippen molar-refractivity contribution >= 4 is 22.9 Å². The Hall–Kier alpha value is -0.120. The highest BCUT2D eigenvalue weighted by Crippen LogP contribution is 2.26. The first-order chi connectivity index (χ1) is 9.19. The molecule has 0 N–H and O–H groups in total. The monoisotopic (exact) mass is 300 g/mol. The van der Waals surface area contributed by atoms with Crippen LogP contribution in [0.4, 0.5) is 0 Å². The first-order valence-corrected chi connectivity index (χ1v) is 8.80. The Morgan fingerprint density at radius 2 is 2.32 bits per heavy atom. The van der Waals surface area contributed by atoms with E-state index in [2.05, 4.69) is 29.2 Å². The topological polar surface area (TPSA) is 16.1 Å². The van der Waals surface area contributed by atoms with Crippen LogP contribution in [0.2, 0.25) is 0 Å². The molecule has 1 saturated carbocycles. The van der Waals surface area contributed by atoms with Crippen LogP contribution in [-0.2, 0) is 12.3 Å². The molecule has 0 amide bonds. The van der Waals surface area contributed by atoms with Gasteiger partial charge in [0.2, 0.25) is 0 Å². The van der Waals surface area contributed by atoms with E-state index in [1.165, 1.54) is 43.7 Å². The lowest BCUT2D eigenvalue weighted by atomic mass is 9.86. The predicted octanol–water partition coefficient (Wildman–Crippen LogP) is 4.33. The van der Waals surface area contributed by atoms with E-state index >= 15 is 0 Å². The van der Waals surface area contributed by atoms with Gasteiger partial charge in [-0.05, 0) is 38.8 Å². The minimum absolute atomic E-state index is 0.538. The Morgan fingerprint density at radius 3 is 3.00 bits per heavy atom. The molecule has 0 spiro atoms. The van der Waals surface area contributed by atoms with Crippen molar-refractivity contribution in [1.82, 2.24) is 9.88 Å². The van der Waals surface area contributed by atoms with Gasteiger partial charge in [-0.25, -0.2) is 4.98 Å². The van der Waals surface area contributed by atoms with Gasteiger partial charge in [-0.15, -0.1) is 22.9 Å². The van der Waals surface area contributed by atoms with Crippen LogP contribution in [0.25, 0.3) is 0 Å². The molecule has 2 nitrogen and oxygen atoms in total. The number of nitrogens with zero attached hydrogens (tertiary/aromatic N) is 2. The number of aryl methyl sites for hydroxylation is 1. The summed E-state index contributed by atoms with van der Waals surface area (Å²) < 4.78 is 0. The second-order valence-corrected chi connectivity index (χ2v) is 7.09. The fourth-order valence-electron chi connectivity index (χ4n) is 2.99. The zero-order valence-corrected chi connectivity index (χ0v) is 13.6. The molecule has 1 aliphatic rings. The molecule has 0 radical (unpaired) electrons. The molecule has 1 aromatic heterocycles. The third-order valence-electron chi connectivity index (χ3n) is 4.17. The Labute approximate surface area is 126 Å². The van der Waals surface area contributed by atoms with Crippen LogP contribution in [0.1, 0.15) is 49.7 Å². The maximum Gasteiger partial charge on any atom is 0.0929 e. The number of hydrogen-bond acceptors (Lipinski definition) is 3. The molecule has 0 aromatic carbocycles. The number of alkyl halides is 1. The normalized spacial score (nSPS) is 24.0. The van der Waals surface area contributed by atoms with E-state index in [9.17, 15) is 0 Å². The molecule has 2 unspecified atom stereocenters. The second kappa shape index (κ2) is 7.61. The smallest absolute Gasteiger partial charge is 0.0929 e. The average Bonchev–Trinajstić information content (AvgIpc) is 2.86. The fraction of sp³-hybridized carbons (Fsp3) is 0.800. The number of hydrogen-bond donors (Lipinski definition) is 0. The van der Waals surface area contributed by atoms with E-state index in [0.717, 1.165) is 24.1 Å². The molecule has 1 fully saturated rings. The summed E-state index contributed by atoms with van der Waals surface area (Å²) in [5.74, 6) is 1.45. The van der Waals surface area contributed by atoms with Crippen LogP contribution in [0, 0.1) is 5.92 Å². The summed E-state index contributed by atoms with van der Waals surface area (Å²) in [6.07, 6.45) is 7.88. The van der Waals surface area contributed by atoms with Crippen LogP contribution in [0.3, 0.4) is 0 Å². The van der Waals surface area contributed by atoms with E-state index in [1.807, 2.05) is 0 Å². The van der Waals surface area contributed by atoms with Crippen LogP contribution in [0.5, 0.6) is 0 Å². The molecule has 0 bridgehead atoms. The highest BCUT2D eigenvalue weighted by atomic mass is 35.5. The summed E-state index contributed by atoms with van der Waals surface area (Å²) in [5, 5.41) is 3.32.